The molecule has 0 bridgehead atoms. The Morgan fingerprint density at radius 2 is 1.18 bits per heavy atom. The fourth-order valence-corrected chi connectivity index (χ4v) is 8.38. The minimum atomic E-state index is -0.552. The second-order valence-electron chi connectivity index (χ2n) is 13.9. The third-order valence-electron chi connectivity index (χ3n) is 10.4. The normalized spacial score (nSPS) is 19.6. The van der Waals surface area contributed by atoms with E-state index in [4.69, 9.17) is 22.2 Å². The maximum atomic E-state index is 12.1. The number of rotatable bonds is 8. The molecule has 0 spiro atoms. The molecule has 0 saturated heterocycles. The summed E-state index contributed by atoms with van der Waals surface area (Å²) in [6.45, 7) is 2.50. The molecule has 2 fully saturated rings. The summed E-state index contributed by atoms with van der Waals surface area (Å²) in [4.78, 5) is 53.9. The number of nitrogens with two attached hydrogens (primary N) is 3. The van der Waals surface area contributed by atoms with Crippen LogP contribution in [-0.2, 0) is 0 Å². The highest BCUT2D eigenvalue weighted by Crippen LogP contribution is 2.36. The van der Waals surface area contributed by atoms with Crippen molar-refractivity contribution in [2.45, 2.75) is 92.8 Å². The summed E-state index contributed by atoms with van der Waals surface area (Å²) < 4.78 is 3.86. The Hall–Kier alpha value is -4.78. The quantitative estimate of drug-likeness (QED) is 0.0975. The molecule has 2 aliphatic rings. The average molecular weight is 820 g/mol. The highest BCUT2D eigenvalue weighted by atomic mass is 35.5. The predicted octanol–water partition coefficient (Wildman–Crippen LogP) is 5.27. The Morgan fingerprint density at radius 3 is 1.59 bits per heavy atom. The summed E-state index contributed by atoms with van der Waals surface area (Å²) in [5, 5.41) is 19.6. The van der Waals surface area contributed by atoms with Crippen LogP contribution in [0.3, 0.4) is 0 Å². The van der Waals surface area contributed by atoms with Gasteiger partial charge in [-0.15, -0.1) is 12.4 Å². The molecular weight excluding hydrogens is 774 g/mol. The highest BCUT2D eigenvalue weighted by molar-refractivity contribution is 7.98. The van der Waals surface area contributed by atoms with Crippen molar-refractivity contribution in [1.29, 1.82) is 0 Å². The lowest BCUT2D eigenvalue weighted by Crippen LogP contribution is -2.43. The Balaban J connectivity index is 0.000000189. The van der Waals surface area contributed by atoms with E-state index in [1.54, 1.807) is 6.20 Å². The van der Waals surface area contributed by atoms with Crippen molar-refractivity contribution in [3.63, 3.8) is 0 Å². The van der Waals surface area contributed by atoms with Crippen LogP contribution in [0.5, 0.6) is 0 Å². The van der Waals surface area contributed by atoms with Gasteiger partial charge in [0.2, 0.25) is 0 Å². The van der Waals surface area contributed by atoms with E-state index >= 15 is 0 Å². The molecule has 0 aliphatic heterocycles. The van der Waals surface area contributed by atoms with E-state index in [1.165, 1.54) is 23.5 Å². The zero-order valence-electron chi connectivity index (χ0n) is 31.4. The van der Waals surface area contributed by atoms with Gasteiger partial charge in [0.25, 0.3) is 11.8 Å². The summed E-state index contributed by atoms with van der Waals surface area (Å²) in [5.74, 6) is -1.07. The molecule has 2 aromatic carbocycles. The number of hydrogen-bond acceptors (Lipinski definition) is 12. The minimum Gasteiger partial charge on any atom is -0.364 e. The molecule has 8 rings (SSSR count). The number of carbonyl (C=O) groups is 3. The van der Waals surface area contributed by atoms with Gasteiger partial charge in [-0.05, 0) is 82.9 Å². The highest BCUT2D eigenvalue weighted by Gasteiger charge is 2.29. The van der Waals surface area contributed by atoms with Crippen LogP contribution in [0.25, 0.3) is 43.6 Å². The van der Waals surface area contributed by atoms with Crippen LogP contribution in [0.15, 0.2) is 47.0 Å². The Bertz CT molecular complexity index is 2410. The zero-order chi connectivity index (χ0) is 38.8. The van der Waals surface area contributed by atoms with Gasteiger partial charge < -0.3 is 27.8 Å². The van der Waals surface area contributed by atoms with Crippen LogP contribution in [0.1, 0.15) is 91.4 Å². The summed E-state index contributed by atoms with van der Waals surface area (Å²) in [5.41, 5.74) is 21.1. The number of nitrogens with zero attached hydrogens (tertiary/aromatic N) is 8. The van der Waals surface area contributed by atoms with Gasteiger partial charge in [0.1, 0.15) is 11.0 Å². The summed E-state index contributed by atoms with van der Waals surface area (Å²) in [7, 11) is 0. The number of nitrogens with one attached hydrogen (secondary N) is 2. The van der Waals surface area contributed by atoms with E-state index in [9.17, 15) is 14.4 Å². The zero-order valence-corrected chi connectivity index (χ0v) is 33.8. The molecule has 2 aliphatic carbocycles. The third kappa shape index (κ3) is 8.19. The van der Waals surface area contributed by atoms with Gasteiger partial charge in [-0.1, -0.05) is 35.7 Å². The van der Waals surface area contributed by atoms with E-state index in [2.05, 4.69) is 35.8 Å². The van der Waals surface area contributed by atoms with E-state index in [1.807, 2.05) is 59.3 Å². The van der Waals surface area contributed by atoms with Crippen LogP contribution < -0.4 is 27.8 Å². The van der Waals surface area contributed by atoms with Crippen molar-refractivity contribution in [2.75, 3.05) is 19.1 Å². The number of urea groups is 1. The molecule has 8 N–H and O–H groups in total. The van der Waals surface area contributed by atoms with Gasteiger partial charge in [-0.2, -0.15) is 10.2 Å². The second-order valence-corrected chi connectivity index (χ2v) is 15.5. The summed E-state index contributed by atoms with van der Waals surface area (Å²) in [6.07, 6.45) is 14.6. The van der Waals surface area contributed by atoms with E-state index in [0.717, 1.165) is 89.6 Å². The van der Waals surface area contributed by atoms with Crippen molar-refractivity contribution in [3.05, 3.63) is 48.0 Å². The van der Waals surface area contributed by atoms with Crippen molar-refractivity contribution in [3.8, 4) is 0 Å². The molecule has 4 aromatic heterocycles. The second kappa shape index (κ2) is 17.6. The number of primary amides is 2. The first-order chi connectivity index (χ1) is 26.6. The Labute approximate surface area is 337 Å². The summed E-state index contributed by atoms with van der Waals surface area (Å²) in [6, 6.07) is 8.12. The maximum Gasteiger partial charge on any atom is 0.314 e. The molecule has 56 heavy (non-hydrogen) atoms. The van der Waals surface area contributed by atoms with Crippen LogP contribution >= 0.6 is 35.9 Å². The van der Waals surface area contributed by atoms with Crippen LogP contribution in [0, 0.1) is 0 Å². The predicted molar refractivity (Wildman–Crippen MR) is 222 cm³/mol. The number of amides is 4. The van der Waals surface area contributed by atoms with E-state index in [0.29, 0.717) is 27.9 Å². The number of benzene rings is 2. The Morgan fingerprint density at radius 1 is 0.732 bits per heavy atom. The number of thioether (sulfide) groups is 2. The monoisotopic (exact) mass is 819 g/mol. The third-order valence-corrected chi connectivity index (χ3v) is 11.5. The smallest absolute Gasteiger partial charge is 0.314 e. The number of aromatic nitrogens is 8. The van der Waals surface area contributed by atoms with Crippen LogP contribution in [0.4, 0.5) is 4.79 Å². The van der Waals surface area contributed by atoms with Crippen LogP contribution in [0.2, 0.25) is 0 Å². The van der Waals surface area contributed by atoms with Crippen LogP contribution in [-0.4, -0.2) is 88.5 Å². The van der Waals surface area contributed by atoms with Crippen molar-refractivity contribution >= 4 is 97.4 Å². The van der Waals surface area contributed by atoms with Gasteiger partial charge in [-0.3, -0.25) is 19.0 Å². The van der Waals surface area contributed by atoms with Crippen molar-refractivity contribution in [2.24, 2.45) is 17.2 Å². The van der Waals surface area contributed by atoms with E-state index in [-0.39, 0.29) is 48.3 Å². The maximum absolute atomic E-state index is 12.1. The first-order valence-corrected chi connectivity index (χ1v) is 20.9. The molecule has 2 saturated carbocycles. The molecule has 0 radical (unpaired) electrons. The molecule has 0 unspecified atom stereocenters. The number of hydrogen-bond donors (Lipinski definition) is 5. The fourth-order valence-electron chi connectivity index (χ4n) is 7.70. The van der Waals surface area contributed by atoms with E-state index < -0.39 is 11.8 Å². The number of carbonyl (C=O) groups excluding carboxylic acids is 3. The fraction of sp³-hybridized carbons (Fsp3) is 0.432. The molecule has 4 amide bonds. The Kier molecular flexibility index (Phi) is 12.8. The summed E-state index contributed by atoms with van der Waals surface area (Å²) >= 11 is 2.95. The van der Waals surface area contributed by atoms with Crippen molar-refractivity contribution in [1.82, 2.24) is 50.1 Å². The van der Waals surface area contributed by atoms with Gasteiger partial charge in [0.15, 0.2) is 21.7 Å². The van der Waals surface area contributed by atoms with Gasteiger partial charge in [0, 0.05) is 52.6 Å². The van der Waals surface area contributed by atoms with Gasteiger partial charge in [-0.25, -0.2) is 24.7 Å². The standard InChI is InChI=1S/C20H25N7O2S.C17H20N6OS.ClH/c1-3-22-19(29)24-12-5-7-13(8-6-12)27-17-14(16(26-27)18(21)28)9-4-11-10-23-20(30-2)25-15(11)17;1-25-17-20-8-9-2-7-12-14(16(19)24)22-23(15(12)13(9)21-17)11-5-3-10(18)4-6-11;/h4,9-10,12-13H,3,5-8H2,1-2H3,(H2,21,28)(H2,22,24,29);2,7-8,10-11H,3-6,18H2,1H3,(H2,19,24);1H. The number of fused-ring (bicyclic) bond motifs is 6. The molecule has 0 atom stereocenters. The molecule has 16 nitrogen and oxygen atoms in total. The average Bonchev–Trinajstić information content (AvgIpc) is 3.79. The minimum absolute atomic E-state index is 0. The number of halogens is 1. The van der Waals surface area contributed by atoms with Gasteiger partial charge in [0.05, 0.1) is 23.1 Å². The largest absolute Gasteiger partial charge is 0.364 e. The SMILES string of the molecule is CCNC(=O)NC1CCC(n2nc(C(N)=O)c3ccc4cnc(SC)nc4c32)CC1.CSc1ncc2ccc3c(C(N)=O)nn(C4CCC(N)CC4)c3c2n1.Cl. The molecule has 19 heteroatoms. The molecule has 4 heterocycles. The topological polar surface area (TPSA) is 241 Å². The molecule has 296 valence electrons. The first-order valence-electron chi connectivity index (χ1n) is 18.4. The lowest BCUT2D eigenvalue weighted by molar-refractivity contribution is 0.0987. The lowest BCUT2D eigenvalue weighted by atomic mass is 9.91. The van der Waals surface area contributed by atoms with Gasteiger partial charge >= 0.3 is 6.03 Å². The first kappa shape index (κ1) is 40.9. The van der Waals surface area contributed by atoms with Crippen molar-refractivity contribution < 1.29 is 14.4 Å². The molecule has 6 aromatic rings. The lowest BCUT2D eigenvalue weighted by Gasteiger charge is -2.29. The molecular formula is C37H46ClN13O3S2.